The van der Waals surface area contributed by atoms with E-state index in [1.54, 1.807) is 0 Å². The lowest BCUT2D eigenvalue weighted by Crippen LogP contribution is -2.18. The van der Waals surface area contributed by atoms with Gasteiger partial charge in [0.1, 0.15) is 12.4 Å². The summed E-state index contributed by atoms with van der Waals surface area (Å²) in [6, 6.07) is 5.67. The van der Waals surface area contributed by atoms with Crippen molar-refractivity contribution in [2.75, 3.05) is 6.61 Å². The second kappa shape index (κ2) is 5.91. The van der Waals surface area contributed by atoms with Gasteiger partial charge in [-0.2, -0.15) is 0 Å². The molecule has 0 amide bonds. The standard InChI is InChI=1S/C14H20ClNO2/c1-9-3-5-12(18-9)8-17-14-6-4-11(10(2)16)7-13(14)15/h4,6-7,9-10,12H,3,5,8,16H2,1-2H3/t9?,10-,12?/m0/s1. The smallest absolute Gasteiger partial charge is 0.138 e. The van der Waals surface area contributed by atoms with Crippen LogP contribution in [-0.4, -0.2) is 18.8 Å². The zero-order valence-corrected chi connectivity index (χ0v) is 11.6. The van der Waals surface area contributed by atoms with Crippen LogP contribution in [0.2, 0.25) is 5.02 Å². The average molecular weight is 270 g/mol. The van der Waals surface area contributed by atoms with E-state index in [1.165, 1.54) is 0 Å². The summed E-state index contributed by atoms with van der Waals surface area (Å²) in [5.74, 6) is 0.698. The first-order valence-corrected chi connectivity index (χ1v) is 6.77. The van der Waals surface area contributed by atoms with Crippen molar-refractivity contribution in [3.05, 3.63) is 28.8 Å². The van der Waals surface area contributed by atoms with Crippen LogP contribution in [0.5, 0.6) is 5.75 Å². The zero-order chi connectivity index (χ0) is 13.1. The number of hydrogen-bond donors (Lipinski definition) is 1. The Morgan fingerprint density at radius 3 is 2.83 bits per heavy atom. The van der Waals surface area contributed by atoms with E-state index >= 15 is 0 Å². The molecule has 0 bridgehead atoms. The fourth-order valence-corrected chi connectivity index (χ4v) is 2.35. The molecule has 1 fully saturated rings. The third-order valence-corrected chi connectivity index (χ3v) is 3.52. The van der Waals surface area contributed by atoms with E-state index in [2.05, 4.69) is 6.92 Å². The molecule has 0 radical (unpaired) electrons. The van der Waals surface area contributed by atoms with Gasteiger partial charge in [-0.1, -0.05) is 17.7 Å². The van der Waals surface area contributed by atoms with Crippen LogP contribution in [0.15, 0.2) is 18.2 Å². The van der Waals surface area contributed by atoms with Crippen molar-refractivity contribution in [1.82, 2.24) is 0 Å². The van der Waals surface area contributed by atoms with E-state index in [0.29, 0.717) is 23.5 Å². The normalized spacial score (nSPS) is 25.1. The highest BCUT2D eigenvalue weighted by molar-refractivity contribution is 6.32. The zero-order valence-electron chi connectivity index (χ0n) is 10.9. The Labute approximate surface area is 113 Å². The summed E-state index contributed by atoms with van der Waals surface area (Å²) in [7, 11) is 0. The van der Waals surface area contributed by atoms with Crippen molar-refractivity contribution in [2.24, 2.45) is 5.73 Å². The molecule has 0 aromatic heterocycles. The summed E-state index contributed by atoms with van der Waals surface area (Å²) >= 11 is 6.17. The quantitative estimate of drug-likeness (QED) is 0.912. The predicted molar refractivity (Wildman–Crippen MR) is 73.1 cm³/mol. The Bertz CT molecular complexity index is 409. The molecule has 3 atom stereocenters. The van der Waals surface area contributed by atoms with Crippen LogP contribution in [0, 0.1) is 0 Å². The second-order valence-corrected chi connectivity index (χ2v) is 5.34. The van der Waals surface area contributed by atoms with Gasteiger partial charge in [-0.3, -0.25) is 0 Å². The van der Waals surface area contributed by atoms with Crippen LogP contribution in [0.1, 0.15) is 38.3 Å². The molecule has 3 nitrogen and oxygen atoms in total. The molecule has 1 heterocycles. The van der Waals surface area contributed by atoms with Crippen LogP contribution in [-0.2, 0) is 4.74 Å². The lowest BCUT2D eigenvalue weighted by Gasteiger charge is -2.14. The highest BCUT2D eigenvalue weighted by atomic mass is 35.5. The summed E-state index contributed by atoms with van der Waals surface area (Å²) in [6.07, 6.45) is 2.68. The van der Waals surface area contributed by atoms with Crippen molar-refractivity contribution >= 4 is 11.6 Å². The summed E-state index contributed by atoms with van der Waals surface area (Å²) in [4.78, 5) is 0. The Morgan fingerprint density at radius 1 is 1.50 bits per heavy atom. The first kappa shape index (κ1) is 13.7. The fraction of sp³-hybridized carbons (Fsp3) is 0.571. The Kier molecular flexibility index (Phi) is 4.49. The maximum atomic E-state index is 6.17. The Morgan fingerprint density at radius 2 is 2.28 bits per heavy atom. The molecule has 0 saturated carbocycles. The summed E-state index contributed by atoms with van der Waals surface area (Å²) in [6.45, 7) is 4.58. The van der Waals surface area contributed by atoms with Crippen molar-refractivity contribution < 1.29 is 9.47 Å². The van der Waals surface area contributed by atoms with Gasteiger partial charge >= 0.3 is 0 Å². The largest absolute Gasteiger partial charge is 0.489 e. The van der Waals surface area contributed by atoms with Gasteiger partial charge in [0.25, 0.3) is 0 Å². The van der Waals surface area contributed by atoms with Crippen LogP contribution in [0.4, 0.5) is 0 Å². The number of halogens is 1. The highest BCUT2D eigenvalue weighted by Crippen LogP contribution is 2.28. The van der Waals surface area contributed by atoms with Crippen molar-refractivity contribution in [1.29, 1.82) is 0 Å². The Balaban J connectivity index is 1.93. The molecule has 100 valence electrons. The van der Waals surface area contributed by atoms with Gasteiger partial charge in [-0.25, -0.2) is 0 Å². The maximum Gasteiger partial charge on any atom is 0.138 e. The predicted octanol–water partition coefficient (Wildman–Crippen LogP) is 3.31. The number of benzene rings is 1. The maximum absolute atomic E-state index is 6.17. The molecule has 1 aliphatic rings. The van der Waals surface area contributed by atoms with Gasteiger partial charge in [0.2, 0.25) is 0 Å². The van der Waals surface area contributed by atoms with E-state index in [1.807, 2.05) is 25.1 Å². The molecule has 1 aromatic carbocycles. The van der Waals surface area contributed by atoms with Gasteiger partial charge in [-0.15, -0.1) is 0 Å². The minimum atomic E-state index is -0.0180. The summed E-state index contributed by atoms with van der Waals surface area (Å²) in [5.41, 5.74) is 6.81. The lowest BCUT2D eigenvalue weighted by molar-refractivity contribution is 0.0265. The highest BCUT2D eigenvalue weighted by Gasteiger charge is 2.22. The first-order valence-electron chi connectivity index (χ1n) is 6.39. The minimum Gasteiger partial charge on any atom is -0.489 e. The SMILES string of the molecule is CC1CCC(COc2ccc([C@H](C)N)cc2Cl)O1. The number of rotatable bonds is 4. The summed E-state index contributed by atoms with van der Waals surface area (Å²) < 4.78 is 11.4. The van der Waals surface area contributed by atoms with Crippen LogP contribution < -0.4 is 10.5 Å². The molecule has 2 unspecified atom stereocenters. The minimum absolute atomic E-state index is 0.0180. The molecule has 0 aliphatic carbocycles. The second-order valence-electron chi connectivity index (χ2n) is 4.94. The van der Waals surface area contributed by atoms with E-state index in [9.17, 15) is 0 Å². The average Bonchev–Trinajstić information content (AvgIpc) is 2.73. The number of hydrogen-bond acceptors (Lipinski definition) is 3. The van der Waals surface area contributed by atoms with Crippen molar-refractivity contribution in [3.63, 3.8) is 0 Å². The first-order chi connectivity index (χ1) is 8.56. The number of nitrogens with two attached hydrogens (primary N) is 1. The van der Waals surface area contributed by atoms with E-state index < -0.39 is 0 Å². The van der Waals surface area contributed by atoms with Gasteiger partial charge in [0, 0.05) is 6.04 Å². The molecule has 4 heteroatoms. The van der Waals surface area contributed by atoms with Crippen molar-refractivity contribution in [2.45, 2.75) is 44.9 Å². The molecule has 1 aliphatic heterocycles. The topological polar surface area (TPSA) is 44.5 Å². The van der Waals surface area contributed by atoms with Crippen molar-refractivity contribution in [3.8, 4) is 5.75 Å². The van der Waals surface area contributed by atoms with Gasteiger partial charge in [0.05, 0.1) is 17.2 Å². The molecule has 0 spiro atoms. The third-order valence-electron chi connectivity index (χ3n) is 3.23. The fourth-order valence-electron chi connectivity index (χ4n) is 2.11. The molecule has 18 heavy (non-hydrogen) atoms. The number of ether oxygens (including phenoxy) is 2. The van der Waals surface area contributed by atoms with E-state index in [-0.39, 0.29) is 12.1 Å². The Hall–Kier alpha value is -0.770. The molecule has 2 rings (SSSR count). The van der Waals surface area contributed by atoms with E-state index in [0.717, 1.165) is 18.4 Å². The third kappa shape index (κ3) is 3.37. The lowest BCUT2D eigenvalue weighted by atomic mass is 10.1. The van der Waals surface area contributed by atoms with Gasteiger partial charge in [-0.05, 0) is 44.4 Å². The van der Waals surface area contributed by atoms with Gasteiger partial charge in [0.15, 0.2) is 0 Å². The summed E-state index contributed by atoms with van der Waals surface area (Å²) in [5, 5.41) is 0.607. The van der Waals surface area contributed by atoms with Crippen LogP contribution in [0.3, 0.4) is 0 Å². The van der Waals surface area contributed by atoms with Crippen LogP contribution >= 0.6 is 11.6 Å². The molecular weight excluding hydrogens is 250 g/mol. The monoisotopic (exact) mass is 269 g/mol. The molecule has 1 saturated heterocycles. The molecular formula is C14H20ClNO2. The van der Waals surface area contributed by atoms with Gasteiger partial charge < -0.3 is 15.2 Å². The molecule has 1 aromatic rings. The van der Waals surface area contributed by atoms with Crippen LogP contribution in [0.25, 0.3) is 0 Å². The van der Waals surface area contributed by atoms with E-state index in [4.69, 9.17) is 26.8 Å². The molecule has 2 N–H and O–H groups in total.